The number of carbonyl (C=O) groups excluding carboxylic acids is 2. The summed E-state index contributed by atoms with van der Waals surface area (Å²) in [7, 11) is 1.77. The molecule has 1 saturated heterocycles. The second kappa shape index (κ2) is 9.68. The van der Waals surface area contributed by atoms with Crippen molar-refractivity contribution in [2.45, 2.75) is 38.3 Å². The minimum absolute atomic E-state index is 0.185. The molecule has 34 heavy (non-hydrogen) atoms. The van der Waals surface area contributed by atoms with E-state index in [0.29, 0.717) is 35.0 Å². The molecule has 0 saturated carbocycles. The first-order chi connectivity index (χ1) is 16.1. The predicted molar refractivity (Wildman–Crippen MR) is 126 cm³/mol. The van der Waals surface area contributed by atoms with E-state index < -0.39 is 23.9 Å². The highest BCUT2D eigenvalue weighted by Gasteiger charge is 2.36. The number of fused-ring (bicyclic) bond motifs is 1. The van der Waals surface area contributed by atoms with Crippen LogP contribution in [0.3, 0.4) is 0 Å². The molecule has 180 valence electrons. The van der Waals surface area contributed by atoms with Crippen molar-refractivity contribution in [2.75, 3.05) is 13.1 Å². The first-order valence-corrected chi connectivity index (χ1v) is 11.5. The maximum Gasteiger partial charge on any atom is 0.256 e. The Bertz CT molecular complexity index is 1210. The second-order valence-electron chi connectivity index (χ2n) is 9.08. The molecule has 1 aliphatic rings. The van der Waals surface area contributed by atoms with Crippen molar-refractivity contribution in [3.05, 3.63) is 58.8 Å². The molecular weight excluding hydrogens is 461 g/mol. The van der Waals surface area contributed by atoms with Crippen molar-refractivity contribution < 1.29 is 19.1 Å². The highest BCUT2D eigenvalue weighted by atomic mass is 35.5. The van der Waals surface area contributed by atoms with Crippen LogP contribution < -0.4 is 5.32 Å². The minimum Gasteiger partial charge on any atom is -0.383 e. The monoisotopic (exact) mass is 487 g/mol. The van der Waals surface area contributed by atoms with E-state index in [1.54, 1.807) is 48.9 Å². The zero-order chi connectivity index (χ0) is 24.6. The summed E-state index contributed by atoms with van der Waals surface area (Å²) in [6, 6.07) is 3.75. The zero-order valence-electron chi connectivity index (χ0n) is 19.2. The summed E-state index contributed by atoms with van der Waals surface area (Å²) in [6.45, 7) is 4.07. The van der Waals surface area contributed by atoms with Gasteiger partial charge in [-0.25, -0.2) is 4.39 Å². The maximum atomic E-state index is 14.1. The number of hydrogen-bond acceptors (Lipinski definition) is 5. The van der Waals surface area contributed by atoms with E-state index in [2.05, 4.69) is 15.4 Å². The van der Waals surface area contributed by atoms with Gasteiger partial charge >= 0.3 is 0 Å². The molecule has 0 radical (unpaired) electrons. The van der Waals surface area contributed by atoms with E-state index in [1.807, 2.05) is 0 Å². The summed E-state index contributed by atoms with van der Waals surface area (Å²) in [5, 5.41) is 18.4. The number of benzene rings is 1. The third kappa shape index (κ3) is 4.90. The summed E-state index contributed by atoms with van der Waals surface area (Å²) < 4.78 is 15.7. The Morgan fingerprint density at radius 1 is 1.26 bits per heavy atom. The van der Waals surface area contributed by atoms with Crippen molar-refractivity contribution in [1.29, 1.82) is 0 Å². The molecule has 3 aromatic rings. The number of piperidine rings is 1. The lowest BCUT2D eigenvalue weighted by Gasteiger charge is -2.39. The van der Waals surface area contributed by atoms with Crippen molar-refractivity contribution in [1.82, 2.24) is 25.0 Å². The Kier molecular flexibility index (Phi) is 6.86. The molecular formula is C24H27ClFN5O3. The van der Waals surface area contributed by atoms with Gasteiger partial charge in [-0.05, 0) is 36.1 Å². The standard InChI is InChI=1S/C24H27ClFN5O3/c1-13(2)22(32)23(33)28-21-12-31(5-4-17(21)14-6-15(25)8-16(26)7-14)24(34)18-9-27-10-20-19(18)11-30(3)29-20/h6-11,13,17,21-22,32H,4-5,12H2,1-3H3,(H,28,33)/t17-,21+,22+/m0/s1. The number of nitrogens with one attached hydrogen (secondary N) is 1. The van der Waals surface area contributed by atoms with Crippen molar-refractivity contribution >= 4 is 34.3 Å². The van der Waals surface area contributed by atoms with E-state index in [-0.39, 0.29) is 29.3 Å². The van der Waals surface area contributed by atoms with Crippen LogP contribution in [0.5, 0.6) is 0 Å². The SMILES string of the molecule is CC(C)[C@@H](O)C(=O)N[C@@H]1CN(C(=O)c2cncc3nn(C)cc23)CC[C@H]1c1cc(F)cc(Cl)c1. The lowest BCUT2D eigenvalue weighted by molar-refractivity contribution is -0.132. The molecule has 0 aliphatic carbocycles. The van der Waals surface area contributed by atoms with Gasteiger partial charge in [0.15, 0.2) is 0 Å². The second-order valence-corrected chi connectivity index (χ2v) is 9.51. The van der Waals surface area contributed by atoms with Gasteiger partial charge in [0.25, 0.3) is 5.91 Å². The molecule has 3 heterocycles. The Balaban J connectivity index is 1.63. The lowest BCUT2D eigenvalue weighted by atomic mass is 9.84. The fourth-order valence-corrected chi connectivity index (χ4v) is 4.67. The highest BCUT2D eigenvalue weighted by molar-refractivity contribution is 6.30. The van der Waals surface area contributed by atoms with Crippen LogP contribution >= 0.6 is 11.6 Å². The van der Waals surface area contributed by atoms with E-state index >= 15 is 0 Å². The van der Waals surface area contributed by atoms with Crippen LogP contribution in [0.15, 0.2) is 36.8 Å². The van der Waals surface area contributed by atoms with Crippen LogP contribution in [0.1, 0.15) is 42.1 Å². The van der Waals surface area contributed by atoms with Crippen molar-refractivity contribution in [3.8, 4) is 0 Å². The number of likely N-dealkylation sites (tertiary alicyclic amines) is 1. The summed E-state index contributed by atoms with van der Waals surface area (Å²) >= 11 is 6.08. The van der Waals surface area contributed by atoms with Gasteiger partial charge in [-0.15, -0.1) is 0 Å². The number of aliphatic hydroxyl groups excluding tert-OH is 1. The van der Waals surface area contributed by atoms with Gasteiger partial charge in [-0.2, -0.15) is 5.10 Å². The average Bonchev–Trinajstić information content (AvgIpc) is 3.17. The molecule has 1 aliphatic heterocycles. The van der Waals surface area contributed by atoms with E-state index in [4.69, 9.17) is 11.6 Å². The largest absolute Gasteiger partial charge is 0.383 e. The molecule has 0 unspecified atom stereocenters. The maximum absolute atomic E-state index is 14.1. The Morgan fingerprint density at radius 2 is 2.03 bits per heavy atom. The smallest absolute Gasteiger partial charge is 0.256 e. The number of aromatic nitrogens is 3. The summed E-state index contributed by atoms with van der Waals surface area (Å²) in [5.41, 5.74) is 1.67. The van der Waals surface area contributed by atoms with Gasteiger partial charge in [-0.3, -0.25) is 19.3 Å². The Labute approximate surface area is 201 Å². The number of aryl methyl sites for hydroxylation is 1. The molecule has 10 heteroatoms. The molecule has 1 fully saturated rings. The molecule has 3 atom stereocenters. The quantitative estimate of drug-likeness (QED) is 0.576. The number of halogens is 2. The summed E-state index contributed by atoms with van der Waals surface area (Å²) in [4.78, 5) is 32.0. The molecule has 4 rings (SSSR count). The number of aliphatic hydroxyl groups is 1. The lowest BCUT2D eigenvalue weighted by Crippen LogP contribution is -2.55. The molecule has 8 nitrogen and oxygen atoms in total. The van der Waals surface area contributed by atoms with Gasteiger partial charge in [0.1, 0.15) is 17.4 Å². The van der Waals surface area contributed by atoms with Crippen molar-refractivity contribution in [2.24, 2.45) is 13.0 Å². The van der Waals surface area contributed by atoms with Crippen LogP contribution in [-0.2, 0) is 11.8 Å². The normalized spacial score (nSPS) is 19.4. The fourth-order valence-electron chi connectivity index (χ4n) is 4.44. The third-order valence-electron chi connectivity index (χ3n) is 6.22. The summed E-state index contributed by atoms with van der Waals surface area (Å²) in [5.74, 6) is -1.79. The topological polar surface area (TPSA) is 100 Å². The molecule has 0 spiro atoms. The number of carbonyl (C=O) groups is 2. The number of pyridine rings is 1. The minimum atomic E-state index is -1.20. The van der Waals surface area contributed by atoms with Gasteiger partial charge < -0.3 is 15.3 Å². The first kappa shape index (κ1) is 24.1. The highest BCUT2D eigenvalue weighted by Crippen LogP contribution is 2.32. The van der Waals surface area contributed by atoms with Crippen LogP contribution in [0.25, 0.3) is 10.9 Å². The molecule has 2 amide bonds. The zero-order valence-corrected chi connectivity index (χ0v) is 20.0. The number of hydrogen-bond donors (Lipinski definition) is 2. The number of nitrogens with zero attached hydrogens (tertiary/aromatic N) is 4. The Hall–Kier alpha value is -3.04. The van der Waals surface area contributed by atoms with E-state index in [0.717, 1.165) is 0 Å². The van der Waals surface area contributed by atoms with E-state index in [9.17, 15) is 19.1 Å². The number of rotatable bonds is 5. The van der Waals surface area contributed by atoms with Crippen molar-refractivity contribution in [3.63, 3.8) is 0 Å². The van der Waals surface area contributed by atoms with Crippen LogP contribution in [0.2, 0.25) is 5.02 Å². The predicted octanol–water partition coefficient (Wildman–Crippen LogP) is 2.89. The molecule has 2 N–H and O–H groups in total. The average molecular weight is 488 g/mol. The van der Waals surface area contributed by atoms with Crippen LogP contribution in [-0.4, -0.2) is 61.8 Å². The molecule has 1 aromatic carbocycles. The van der Waals surface area contributed by atoms with Gasteiger partial charge in [-0.1, -0.05) is 25.4 Å². The summed E-state index contributed by atoms with van der Waals surface area (Å²) in [6.07, 6.45) is 4.16. The molecule has 2 aromatic heterocycles. The Morgan fingerprint density at radius 3 is 2.74 bits per heavy atom. The first-order valence-electron chi connectivity index (χ1n) is 11.1. The number of amides is 2. The third-order valence-corrected chi connectivity index (χ3v) is 6.44. The molecule has 0 bridgehead atoms. The fraction of sp³-hybridized carbons (Fsp3) is 0.417. The van der Waals surface area contributed by atoms with Crippen LogP contribution in [0, 0.1) is 11.7 Å². The van der Waals surface area contributed by atoms with Gasteiger partial charge in [0.05, 0.1) is 17.8 Å². The van der Waals surface area contributed by atoms with Gasteiger partial charge in [0, 0.05) is 48.9 Å². The van der Waals surface area contributed by atoms with E-state index in [1.165, 1.54) is 18.3 Å². The van der Waals surface area contributed by atoms with Gasteiger partial charge in [0.2, 0.25) is 5.91 Å². The van der Waals surface area contributed by atoms with Crippen LogP contribution in [0.4, 0.5) is 4.39 Å².